The fourth-order valence-electron chi connectivity index (χ4n) is 4.03. The topological polar surface area (TPSA) is 79.2 Å². The van der Waals surface area contributed by atoms with Gasteiger partial charge >= 0.3 is 12.1 Å². The fourth-order valence-corrected chi connectivity index (χ4v) is 4.29. The van der Waals surface area contributed by atoms with Crippen molar-refractivity contribution in [1.29, 1.82) is 5.41 Å². The summed E-state index contributed by atoms with van der Waals surface area (Å²) in [4.78, 5) is 25.0. The number of benzene rings is 1. The third-order valence-corrected chi connectivity index (χ3v) is 6.17. The lowest BCUT2D eigenvalue weighted by molar-refractivity contribution is -0.160. The summed E-state index contributed by atoms with van der Waals surface area (Å²) in [6.07, 6.45) is -3.72. The molecule has 1 saturated carbocycles. The predicted molar refractivity (Wildman–Crippen MR) is 106 cm³/mol. The number of hydrogen-bond acceptors (Lipinski definition) is 4. The maximum absolute atomic E-state index is 13.7. The average Bonchev–Trinajstić information content (AvgIpc) is 3.48. The molecule has 9 heteroatoms. The molecule has 0 heterocycles. The van der Waals surface area contributed by atoms with Gasteiger partial charge in [0, 0.05) is 17.8 Å². The molecule has 1 aromatic rings. The van der Waals surface area contributed by atoms with Crippen LogP contribution in [-0.4, -0.2) is 30.9 Å². The van der Waals surface area contributed by atoms with Crippen molar-refractivity contribution in [3.05, 3.63) is 45.6 Å². The Hall–Kier alpha value is -2.35. The number of allylic oxidation sites excluding steroid dienone is 2. The molecule has 30 heavy (non-hydrogen) atoms. The highest BCUT2D eigenvalue weighted by molar-refractivity contribution is 6.34. The number of esters is 1. The Morgan fingerprint density at radius 2 is 1.97 bits per heavy atom. The standard InChI is InChI=1S/C21H22ClF3N2O3/c1-11(26)13-7-6-12(19(29)30-2)10-16(13)27-18(28)17-14(4-3-5-15(17)22)20(8-9-20)21(23,24)25/h3-5,12,26H,6-10H2,1-2H3,(H,27,28). The first-order valence-corrected chi connectivity index (χ1v) is 9.92. The second-order valence-corrected chi connectivity index (χ2v) is 8.15. The predicted octanol–water partition coefficient (Wildman–Crippen LogP) is 4.93. The number of carbonyl (C=O) groups excluding carboxylic acids is 2. The number of alkyl halides is 3. The summed E-state index contributed by atoms with van der Waals surface area (Å²) in [5.74, 6) is -1.70. The molecule has 2 aliphatic carbocycles. The Morgan fingerprint density at radius 3 is 2.50 bits per heavy atom. The molecule has 0 aliphatic heterocycles. The van der Waals surface area contributed by atoms with Crippen molar-refractivity contribution in [2.75, 3.05) is 7.11 Å². The summed E-state index contributed by atoms with van der Waals surface area (Å²) in [5.41, 5.74) is -1.30. The molecular weight excluding hydrogens is 421 g/mol. The zero-order valence-electron chi connectivity index (χ0n) is 16.6. The number of rotatable bonds is 5. The molecule has 1 fully saturated rings. The third-order valence-electron chi connectivity index (χ3n) is 5.86. The van der Waals surface area contributed by atoms with Gasteiger partial charge in [0.2, 0.25) is 0 Å². The van der Waals surface area contributed by atoms with Crippen molar-refractivity contribution in [3.63, 3.8) is 0 Å². The van der Waals surface area contributed by atoms with E-state index in [0.717, 1.165) is 0 Å². The number of halogens is 4. The summed E-state index contributed by atoms with van der Waals surface area (Å²) in [6, 6.07) is 4.07. The normalized spacial score (nSPS) is 20.5. The largest absolute Gasteiger partial charge is 0.469 e. The molecule has 0 bridgehead atoms. The van der Waals surface area contributed by atoms with E-state index in [9.17, 15) is 22.8 Å². The van der Waals surface area contributed by atoms with E-state index in [1.165, 1.54) is 25.3 Å². The number of ether oxygens (including phenoxy) is 1. The Morgan fingerprint density at radius 1 is 1.30 bits per heavy atom. The Kier molecular flexibility index (Phi) is 6.00. The first-order valence-electron chi connectivity index (χ1n) is 9.54. The average molecular weight is 443 g/mol. The maximum Gasteiger partial charge on any atom is 0.398 e. The zero-order chi connectivity index (χ0) is 22.3. The van der Waals surface area contributed by atoms with Gasteiger partial charge in [-0.3, -0.25) is 9.59 Å². The number of carbonyl (C=O) groups is 2. The summed E-state index contributed by atoms with van der Waals surface area (Å²) >= 11 is 6.17. The van der Waals surface area contributed by atoms with Gasteiger partial charge in [-0.05, 0) is 49.8 Å². The van der Waals surface area contributed by atoms with Gasteiger partial charge in [0.1, 0.15) is 0 Å². The van der Waals surface area contributed by atoms with Crippen molar-refractivity contribution in [1.82, 2.24) is 5.32 Å². The fraction of sp³-hybridized carbons (Fsp3) is 0.476. The van der Waals surface area contributed by atoms with E-state index in [-0.39, 0.29) is 41.1 Å². The van der Waals surface area contributed by atoms with Crippen LogP contribution >= 0.6 is 11.6 Å². The summed E-state index contributed by atoms with van der Waals surface area (Å²) in [7, 11) is 1.27. The lowest BCUT2D eigenvalue weighted by Gasteiger charge is -2.27. The first kappa shape index (κ1) is 22.3. The Labute approximate surface area is 177 Å². The minimum Gasteiger partial charge on any atom is -0.469 e. The molecule has 162 valence electrons. The quantitative estimate of drug-likeness (QED) is 0.501. The van der Waals surface area contributed by atoms with Crippen LogP contribution in [0.1, 0.15) is 54.9 Å². The van der Waals surface area contributed by atoms with Gasteiger partial charge in [0.25, 0.3) is 5.91 Å². The van der Waals surface area contributed by atoms with Crippen molar-refractivity contribution in [2.45, 2.75) is 50.6 Å². The van der Waals surface area contributed by atoms with E-state index in [2.05, 4.69) is 5.32 Å². The molecule has 1 amide bonds. The van der Waals surface area contributed by atoms with Crippen LogP contribution in [0.2, 0.25) is 5.02 Å². The highest BCUT2D eigenvalue weighted by Crippen LogP contribution is 2.60. The van der Waals surface area contributed by atoms with Gasteiger partial charge in [-0.25, -0.2) is 0 Å². The van der Waals surface area contributed by atoms with Gasteiger partial charge in [-0.15, -0.1) is 0 Å². The van der Waals surface area contributed by atoms with Gasteiger partial charge in [-0.2, -0.15) is 13.2 Å². The van der Waals surface area contributed by atoms with E-state index >= 15 is 0 Å². The minimum atomic E-state index is -4.50. The van der Waals surface area contributed by atoms with Crippen molar-refractivity contribution in [2.24, 2.45) is 5.92 Å². The second kappa shape index (κ2) is 8.06. The van der Waals surface area contributed by atoms with Crippen LogP contribution in [-0.2, 0) is 14.9 Å². The van der Waals surface area contributed by atoms with Crippen LogP contribution in [0.4, 0.5) is 13.2 Å². The van der Waals surface area contributed by atoms with E-state index in [0.29, 0.717) is 24.1 Å². The van der Waals surface area contributed by atoms with Gasteiger partial charge in [-0.1, -0.05) is 23.7 Å². The molecule has 0 radical (unpaired) electrons. The lowest BCUT2D eigenvalue weighted by Crippen LogP contribution is -2.35. The van der Waals surface area contributed by atoms with Crippen molar-refractivity contribution in [3.8, 4) is 0 Å². The summed E-state index contributed by atoms with van der Waals surface area (Å²) < 4.78 is 45.9. The SMILES string of the molecule is COC(=O)C1CCC(C(C)=N)=C(NC(=O)c2c(Cl)cccc2C2(C(F)(F)F)CC2)C1. The van der Waals surface area contributed by atoms with Gasteiger partial charge < -0.3 is 15.5 Å². The molecule has 0 aromatic heterocycles. The number of hydrogen-bond donors (Lipinski definition) is 2. The van der Waals surface area contributed by atoms with E-state index < -0.39 is 29.4 Å². The molecule has 0 saturated heterocycles. The van der Waals surface area contributed by atoms with Crippen molar-refractivity contribution >= 4 is 29.2 Å². The Balaban J connectivity index is 1.98. The van der Waals surface area contributed by atoms with Crippen molar-refractivity contribution < 1.29 is 27.5 Å². The number of amides is 1. The van der Waals surface area contributed by atoms with Crippen LogP contribution in [0, 0.1) is 11.3 Å². The Bertz CT molecular complexity index is 936. The van der Waals surface area contributed by atoms with Gasteiger partial charge in [0.05, 0.1) is 29.0 Å². The molecule has 2 aliphatic rings. The smallest absolute Gasteiger partial charge is 0.398 e. The van der Waals surface area contributed by atoms with Crippen LogP contribution in [0.3, 0.4) is 0 Å². The lowest BCUT2D eigenvalue weighted by atomic mass is 9.85. The van der Waals surface area contributed by atoms with Crippen LogP contribution in [0.5, 0.6) is 0 Å². The van der Waals surface area contributed by atoms with Crippen LogP contribution in [0.25, 0.3) is 0 Å². The summed E-state index contributed by atoms with van der Waals surface area (Å²) in [6.45, 7) is 1.56. The van der Waals surface area contributed by atoms with Crippen LogP contribution < -0.4 is 5.32 Å². The van der Waals surface area contributed by atoms with E-state index in [4.69, 9.17) is 21.7 Å². The number of methoxy groups -OCH3 is 1. The third kappa shape index (κ3) is 3.97. The molecule has 2 N–H and O–H groups in total. The molecular formula is C21H22ClF3N2O3. The minimum absolute atomic E-state index is 0.0745. The van der Waals surface area contributed by atoms with Crippen LogP contribution in [0.15, 0.2) is 29.5 Å². The highest BCUT2D eigenvalue weighted by atomic mass is 35.5. The van der Waals surface area contributed by atoms with E-state index in [1.54, 1.807) is 6.92 Å². The molecule has 3 rings (SSSR count). The maximum atomic E-state index is 13.7. The number of nitrogens with one attached hydrogen (secondary N) is 2. The molecule has 1 atom stereocenters. The van der Waals surface area contributed by atoms with Gasteiger partial charge in [0.15, 0.2) is 0 Å². The van der Waals surface area contributed by atoms with E-state index in [1.807, 2.05) is 0 Å². The second-order valence-electron chi connectivity index (χ2n) is 7.74. The molecule has 5 nitrogen and oxygen atoms in total. The zero-order valence-corrected chi connectivity index (χ0v) is 17.3. The molecule has 1 aromatic carbocycles. The highest BCUT2D eigenvalue weighted by Gasteiger charge is 2.65. The first-order chi connectivity index (χ1) is 14.0. The monoisotopic (exact) mass is 442 g/mol. The molecule has 0 spiro atoms. The summed E-state index contributed by atoms with van der Waals surface area (Å²) in [5, 5.41) is 10.5. The molecule has 1 unspecified atom stereocenters.